The van der Waals surface area contributed by atoms with Crippen molar-refractivity contribution in [3.05, 3.63) is 0 Å². The van der Waals surface area contributed by atoms with E-state index in [9.17, 15) is 13.2 Å². The highest BCUT2D eigenvalue weighted by molar-refractivity contribution is 7.90. The lowest BCUT2D eigenvalue weighted by atomic mass is 10.1. The predicted octanol–water partition coefficient (Wildman–Crippen LogP) is -0.0746. The number of amides is 1. The highest BCUT2D eigenvalue weighted by Gasteiger charge is 2.46. The van der Waals surface area contributed by atoms with E-state index in [1.165, 1.54) is 6.26 Å². The van der Waals surface area contributed by atoms with Crippen LogP contribution in [0, 0.1) is 5.41 Å². The molecular weight excluding hydrogens is 240 g/mol. The zero-order valence-corrected chi connectivity index (χ0v) is 11.6. The van der Waals surface area contributed by atoms with E-state index in [2.05, 4.69) is 10.6 Å². The van der Waals surface area contributed by atoms with Crippen molar-refractivity contribution in [1.82, 2.24) is 10.6 Å². The number of likely N-dealkylation sites (N-methyl/N-ethyl adjacent to an activating group) is 1. The molecule has 6 heteroatoms. The molecule has 2 N–H and O–H groups in total. The van der Waals surface area contributed by atoms with Gasteiger partial charge in [0.1, 0.15) is 9.84 Å². The van der Waals surface area contributed by atoms with Crippen LogP contribution in [-0.4, -0.2) is 46.0 Å². The first kappa shape index (κ1) is 14.4. The SMILES string of the molecule is CNC(C)CNC(=O)CC1(CS(C)(=O)=O)CC1. The third kappa shape index (κ3) is 5.50. The summed E-state index contributed by atoms with van der Waals surface area (Å²) in [4.78, 5) is 11.7. The second-order valence-electron chi connectivity index (χ2n) is 5.24. The van der Waals surface area contributed by atoms with Gasteiger partial charge in [-0.2, -0.15) is 0 Å². The smallest absolute Gasteiger partial charge is 0.220 e. The molecule has 1 unspecified atom stereocenters. The summed E-state index contributed by atoms with van der Waals surface area (Å²) in [5.41, 5.74) is -0.277. The van der Waals surface area contributed by atoms with Crippen molar-refractivity contribution < 1.29 is 13.2 Å². The first-order valence-corrected chi connectivity index (χ1v) is 7.94. The Hall–Kier alpha value is -0.620. The van der Waals surface area contributed by atoms with Gasteiger partial charge in [-0.25, -0.2) is 8.42 Å². The van der Waals surface area contributed by atoms with Crippen molar-refractivity contribution in [3.8, 4) is 0 Å². The van der Waals surface area contributed by atoms with Crippen LogP contribution in [0.1, 0.15) is 26.2 Å². The molecule has 17 heavy (non-hydrogen) atoms. The fourth-order valence-electron chi connectivity index (χ4n) is 1.88. The largest absolute Gasteiger partial charge is 0.355 e. The van der Waals surface area contributed by atoms with Gasteiger partial charge >= 0.3 is 0 Å². The van der Waals surface area contributed by atoms with Crippen molar-refractivity contribution in [3.63, 3.8) is 0 Å². The second-order valence-corrected chi connectivity index (χ2v) is 7.38. The number of hydrogen-bond acceptors (Lipinski definition) is 4. The minimum absolute atomic E-state index is 0.0479. The standard InChI is InChI=1S/C11H22N2O3S/c1-9(12-2)7-13-10(14)6-11(4-5-11)8-17(3,15)16/h9,12H,4-8H2,1-3H3,(H,13,14). The Balaban J connectivity index is 2.36. The van der Waals surface area contributed by atoms with Crippen molar-refractivity contribution in [2.45, 2.75) is 32.2 Å². The van der Waals surface area contributed by atoms with Gasteiger partial charge in [-0.1, -0.05) is 0 Å². The number of sulfone groups is 1. The molecule has 100 valence electrons. The summed E-state index contributed by atoms with van der Waals surface area (Å²) in [5, 5.41) is 5.85. The summed E-state index contributed by atoms with van der Waals surface area (Å²) >= 11 is 0. The molecule has 0 aromatic carbocycles. The second kappa shape index (κ2) is 5.35. The van der Waals surface area contributed by atoms with Crippen LogP contribution in [0.2, 0.25) is 0 Å². The van der Waals surface area contributed by atoms with Gasteiger partial charge in [0.25, 0.3) is 0 Å². The molecule has 1 saturated carbocycles. The van der Waals surface area contributed by atoms with E-state index in [1.807, 2.05) is 14.0 Å². The summed E-state index contributed by atoms with van der Waals surface area (Å²) in [6, 6.07) is 0.226. The highest BCUT2D eigenvalue weighted by atomic mass is 32.2. The molecule has 1 rings (SSSR count). The molecular formula is C11H22N2O3S. The highest BCUT2D eigenvalue weighted by Crippen LogP contribution is 2.49. The lowest BCUT2D eigenvalue weighted by Gasteiger charge is -2.15. The van der Waals surface area contributed by atoms with E-state index in [0.717, 1.165) is 12.8 Å². The molecule has 1 aliphatic carbocycles. The molecule has 1 aliphatic rings. The van der Waals surface area contributed by atoms with Gasteiger partial charge in [0.2, 0.25) is 5.91 Å². The summed E-state index contributed by atoms with van der Waals surface area (Å²) in [6.45, 7) is 2.55. The van der Waals surface area contributed by atoms with E-state index in [1.54, 1.807) is 0 Å². The molecule has 0 aliphatic heterocycles. The van der Waals surface area contributed by atoms with E-state index < -0.39 is 9.84 Å². The maximum Gasteiger partial charge on any atom is 0.220 e. The molecule has 0 bridgehead atoms. The number of carbonyl (C=O) groups excluding carboxylic acids is 1. The minimum Gasteiger partial charge on any atom is -0.355 e. The van der Waals surface area contributed by atoms with Crippen molar-refractivity contribution in [2.75, 3.05) is 25.6 Å². The van der Waals surface area contributed by atoms with Crippen LogP contribution in [0.5, 0.6) is 0 Å². The quantitative estimate of drug-likeness (QED) is 0.673. The zero-order valence-electron chi connectivity index (χ0n) is 10.7. The van der Waals surface area contributed by atoms with Crippen molar-refractivity contribution in [2.24, 2.45) is 5.41 Å². The molecule has 0 heterocycles. The number of hydrogen-bond donors (Lipinski definition) is 2. The Kier molecular flexibility index (Phi) is 4.55. The van der Waals surface area contributed by atoms with Gasteiger partial charge in [0.15, 0.2) is 0 Å². The van der Waals surface area contributed by atoms with E-state index in [0.29, 0.717) is 13.0 Å². The summed E-state index contributed by atoms with van der Waals surface area (Å²) in [5.74, 6) is 0.0860. The molecule has 1 amide bonds. The Bertz CT molecular complexity index is 374. The molecule has 0 spiro atoms. The van der Waals surface area contributed by atoms with Crippen molar-refractivity contribution in [1.29, 1.82) is 0 Å². The summed E-state index contributed by atoms with van der Waals surface area (Å²) in [7, 11) is -1.16. The van der Waals surface area contributed by atoms with Crippen LogP contribution < -0.4 is 10.6 Å². The molecule has 0 saturated heterocycles. The fraction of sp³-hybridized carbons (Fsp3) is 0.909. The van der Waals surface area contributed by atoms with Crippen LogP contribution in [0.25, 0.3) is 0 Å². The lowest BCUT2D eigenvalue weighted by molar-refractivity contribution is -0.122. The van der Waals surface area contributed by atoms with Crippen LogP contribution in [-0.2, 0) is 14.6 Å². The Labute approximate surface area is 103 Å². The normalized spacial score (nSPS) is 19.7. The maximum absolute atomic E-state index is 11.7. The minimum atomic E-state index is -2.99. The molecule has 1 fully saturated rings. The van der Waals surface area contributed by atoms with Crippen LogP contribution >= 0.6 is 0 Å². The van der Waals surface area contributed by atoms with E-state index >= 15 is 0 Å². The van der Waals surface area contributed by atoms with Gasteiger partial charge in [-0.3, -0.25) is 4.79 Å². The molecule has 0 aromatic heterocycles. The third-order valence-electron chi connectivity index (χ3n) is 3.16. The number of carbonyl (C=O) groups is 1. The Morgan fingerprint density at radius 1 is 1.41 bits per heavy atom. The Morgan fingerprint density at radius 3 is 2.41 bits per heavy atom. The van der Waals surface area contributed by atoms with Gasteiger partial charge in [-0.05, 0) is 32.2 Å². The molecule has 5 nitrogen and oxygen atoms in total. The maximum atomic E-state index is 11.7. The number of rotatable bonds is 7. The summed E-state index contributed by atoms with van der Waals surface area (Å²) in [6.07, 6.45) is 3.24. The van der Waals surface area contributed by atoms with Gasteiger partial charge in [0.05, 0.1) is 5.75 Å². The third-order valence-corrected chi connectivity index (χ3v) is 4.30. The van der Waals surface area contributed by atoms with Crippen LogP contribution in [0.4, 0.5) is 0 Å². The lowest BCUT2D eigenvalue weighted by Crippen LogP contribution is -2.38. The predicted molar refractivity (Wildman–Crippen MR) is 67.5 cm³/mol. The van der Waals surface area contributed by atoms with E-state index in [-0.39, 0.29) is 23.1 Å². The monoisotopic (exact) mass is 262 g/mol. The van der Waals surface area contributed by atoms with Crippen LogP contribution in [0.3, 0.4) is 0 Å². The van der Waals surface area contributed by atoms with Gasteiger partial charge in [-0.15, -0.1) is 0 Å². The molecule has 0 aromatic rings. The average Bonchev–Trinajstić information content (AvgIpc) is 2.91. The topological polar surface area (TPSA) is 75.3 Å². The first-order valence-electron chi connectivity index (χ1n) is 5.88. The zero-order chi connectivity index (χ0) is 13.1. The van der Waals surface area contributed by atoms with E-state index in [4.69, 9.17) is 0 Å². The molecule has 1 atom stereocenters. The fourth-order valence-corrected chi connectivity index (χ4v) is 3.38. The summed E-state index contributed by atoms with van der Waals surface area (Å²) < 4.78 is 22.5. The average molecular weight is 262 g/mol. The van der Waals surface area contributed by atoms with Gasteiger partial charge in [0, 0.05) is 25.3 Å². The van der Waals surface area contributed by atoms with Gasteiger partial charge < -0.3 is 10.6 Å². The van der Waals surface area contributed by atoms with Crippen molar-refractivity contribution >= 4 is 15.7 Å². The van der Waals surface area contributed by atoms with Crippen LogP contribution in [0.15, 0.2) is 0 Å². The first-order chi connectivity index (χ1) is 7.76. The molecule has 0 radical (unpaired) electrons. The Morgan fingerprint density at radius 2 is 2.00 bits per heavy atom. The number of nitrogens with one attached hydrogen (secondary N) is 2.